The van der Waals surface area contributed by atoms with Gasteiger partial charge < -0.3 is 24.6 Å². The number of amides is 1. The zero-order valence-electron chi connectivity index (χ0n) is 18.6. The van der Waals surface area contributed by atoms with Crippen molar-refractivity contribution in [2.45, 2.75) is 32.5 Å². The highest BCUT2D eigenvalue weighted by molar-refractivity contribution is 5.95. The predicted molar refractivity (Wildman–Crippen MR) is 124 cm³/mol. The van der Waals surface area contributed by atoms with Gasteiger partial charge in [0.2, 0.25) is 0 Å². The lowest BCUT2D eigenvalue weighted by Crippen LogP contribution is -2.30. The minimum atomic E-state index is -0.948. The van der Waals surface area contributed by atoms with Crippen LogP contribution >= 0.6 is 0 Å². The summed E-state index contributed by atoms with van der Waals surface area (Å²) in [5.41, 5.74) is 2.40. The number of rotatable bonds is 10. The molecule has 0 fully saturated rings. The topological polar surface area (TPSA) is 94.1 Å². The summed E-state index contributed by atoms with van der Waals surface area (Å²) in [6, 6.07) is 21.7. The van der Waals surface area contributed by atoms with E-state index in [0.717, 1.165) is 11.1 Å². The highest BCUT2D eigenvalue weighted by Gasteiger charge is 2.18. The number of nitrogens with one attached hydrogen (secondary N) is 1. The van der Waals surface area contributed by atoms with Crippen molar-refractivity contribution in [3.05, 3.63) is 83.9 Å². The van der Waals surface area contributed by atoms with Crippen LogP contribution in [0.3, 0.4) is 0 Å². The fourth-order valence-electron chi connectivity index (χ4n) is 3.07. The first-order valence-corrected chi connectivity index (χ1v) is 10.6. The number of carbonyl (C=O) groups excluding carboxylic acids is 2. The van der Waals surface area contributed by atoms with Crippen molar-refractivity contribution in [2.75, 3.05) is 12.4 Å². The lowest BCUT2D eigenvalue weighted by Gasteiger charge is -2.14. The monoisotopic (exact) mass is 449 g/mol. The SMILES string of the molecule is COc1ccc(CCC(=O)OC(C)C(=O)Nc2ccc(OCc3ccccc3)cc2)cc1O. The van der Waals surface area contributed by atoms with Gasteiger partial charge in [-0.1, -0.05) is 36.4 Å². The smallest absolute Gasteiger partial charge is 0.306 e. The predicted octanol–water partition coefficient (Wildman–Crippen LogP) is 4.48. The molecule has 0 aliphatic carbocycles. The molecule has 172 valence electrons. The average molecular weight is 450 g/mol. The Morgan fingerprint density at radius 1 is 0.970 bits per heavy atom. The second-order valence-electron chi connectivity index (χ2n) is 7.43. The van der Waals surface area contributed by atoms with Gasteiger partial charge in [-0.15, -0.1) is 0 Å². The van der Waals surface area contributed by atoms with Gasteiger partial charge in [-0.2, -0.15) is 0 Å². The minimum Gasteiger partial charge on any atom is -0.504 e. The number of ether oxygens (including phenoxy) is 3. The van der Waals surface area contributed by atoms with Crippen LogP contribution in [-0.4, -0.2) is 30.2 Å². The number of aromatic hydroxyl groups is 1. The number of hydrogen-bond donors (Lipinski definition) is 2. The molecule has 0 aromatic heterocycles. The van der Waals surface area contributed by atoms with Gasteiger partial charge >= 0.3 is 5.97 Å². The molecule has 0 radical (unpaired) electrons. The Morgan fingerprint density at radius 2 is 1.70 bits per heavy atom. The van der Waals surface area contributed by atoms with Crippen molar-refractivity contribution >= 4 is 17.6 Å². The molecule has 1 atom stereocenters. The largest absolute Gasteiger partial charge is 0.504 e. The first-order chi connectivity index (χ1) is 15.9. The summed E-state index contributed by atoms with van der Waals surface area (Å²) in [6.45, 7) is 1.97. The number of hydrogen-bond acceptors (Lipinski definition) is 6. The van der Waals surface area contributed by atoms with Crippen LogP contribution in [0.25, 0.3) is 0 Å². The minimum absolute atomic E-state index is 0.00703. The van der Waals surface area contributed by atoms with Crippen molar-refractivity contribution in [3.8, 4) is 17.2 Å². The molecule has 0 saturated carbocycles. The summed E-state index contributed by atoms with van der Waals surface area (Å²) in [5, 5.41) is 12.5. The second kappa shape index (κ2) is 11.6. The Kier molecular flexibility index (Phi) is 8.30. The molecular formula is C26H27NO6. The first kappa shape index (κ1) is 23.7. The summed E-state index contributed by atoms with van der Waals surface area (Å²) in [5.74, 6) is 0.122. The molecule has 0 bridgehead atoms. The van der Waals surface area contributed by atoms with E-state index in [1.54, 1.807) is 36.4 Å². The number of phenolic OH excluding ortho intramolecular Hbond substituents is 1. The fourth-order valence-corrected chi connectivity index (χ4v) is 3.07. The molecule has 1 unspecified atom stereocenters. The summed E-state index contributed by atoms with van der Waals surface area (Å²) in [4.78, 5) is 24.5. The van der Waals surface area contributed by atoms with Crippen LogP contribution in [0.2, 0.25) is 0 Å². The third-order valence-electron chi connectivity index (χ3n) is 4.91. The van der Waals surface area contributed by atoms with Gasteiger partial charge in [0, 0.05) is 12.1 Å². The van der Waals surface area contributed by atoms with E-state index in [0.29, 0.717) is 30.2 Å². The Bertz CT molecular complexity index is 1070. The highest BCUT2D eigenvalue weighted by atomic mass is 16.5. The van der Waals surface area contributed by atoms with Gasteiger partial charge in [-0.25, -0.2) is 0 Å². The van der Waals surface area contributed by atoms with E-state index in [9.17, 15) is 14.7 Å². The van der Waals surface area contributed by atoms with E-state index < -0.39 is 18.0 Å². The zero-order chi connectivity index (χ0) is 23.6. The average Bonchev–Trinajstić information content (AvgIpc) is 2.83. The quantitative estimate of drug-likeness (QED) is 0.443. The maximum atomic E-state index is 12.4. The fraction of sp³-hybridized carbons (Fsp3) is 0.231. The first-order valence-electron chi connectivity index (χ1n) is 10.6. The molecule has 7 heteroatoms. The van der Waals surface area contributed by atoms with Gasteiger partial charge in [0.15, 0.2) is 17.6 Å². The van der Waals surface area contributed by atoms with Crippen molar-refractivity contribution in [3.63, 3.8) is 0 Å². The standard InChI is InChI=1S/C26H27NO6/c1-18(33-25(29)15-9-19-8-14-24(31-2)23(28)16-19)26(30)27-21-10-12-22(13-11-21)32-17-20-6-4-3-5-7-20/h3-8,10-14,16,18,28H,9,15,17H2,1-2H3,(H,27,30). The summed E-state index contributed by atoms with van der Waals surface area (Å²) in [7, 11) is 1.46. The van der Waals surface area contributed by atoms with Crippen LogP contribution in [-0.2, 0) is 27.4 Å². The van der Waals surface area contributed by atoms with Crippen LogP contribution in [0.15, 0.2) is 72.8 Å². The molecule has 3 aromatic rings. The van der Waals surface area contributed by atoms with Crippen LogP contribution < -0.4 is 14.8 Å². The highest BCUT2D eigenvalue weighted by Crippen LogP contribution is 2.26. The summed E-state index contributed by atoms with van der Waals surface area (Å²) in [6.07, 6.45) is -0.498. The normalized spacial score (nSPS) is 11.3. The molecule has 3 aromatic carbocycles. The maximum absolute atomic E-state index is 12.4. The number of phenols is 1. The van der Waals surface area contributed by atoms with E-state index in [1.807, 2.05) is 30.3 Å². The molecule has 0 spiro atoms. The molecule has 0 aliphatic heterocycles. The van der Waals surface area contributed by atoms with E-state index in [1.165, 1.54) is 20.1 Å². The van der Waals surface area contributed by atoms with E-state index in [2.05, 4.69) is 5.32 Å². The Hall–Kier alpha value is -4.00. The molecule has 2 N–H and O–H groups in total. The summed E-state index contributed by atoms with van der Waals surface area (Å²) < 4.78 is 16.0. The Morgan fingerprint density at radius 3 is 2.36 bits per heavy atom. The number of aryl methyl sites for hydroxylation is 1. The van der Waals surface area contributed by atoms with E-state index in [4.69, 9.17) is 14.2 Å². The second-order valence-corrected chi connectivity index (χ2v) is 7.43. The molecule has 0 heterocycles. The van der Waals surface area contributed by atoms with Gasteiger partial charge in [0.1, 0.15) is 12.4 Å². The molecular weight excluding hydrogens is 422 g/mol. The molecule has 0 saturated heterocycles. The summed E-state index contributed by atoms with van der Waals surface area (Å²) >= 11 is 0. The van der Waals surface area contributed by atoms with Gasteiger partial charge in [-0.3, -0.25) is 9.59 Å². The van der Waals surface area contributed by atoms with Crippen LogP contribution in [0, 0.1) is 0 Å². The van der Waals surface area contributed by atoms with Crippen LogP contribution in [0.5, 0.6) is 17.2 Å². The lowest BCUT2D eigenvalue weighted by molar-refractivity contribution is -0.153. The van der Waals surface area contributed by atoms with Gasteiger partial charge in [0.05, 0.1) is 7.11 Å². The Labute approximate surface area is 192 Å². The van der Waals surface area contributed by atoms with Crippen molar-refractivity contribution < 1.29 is 28.9 Å². The lowest BCUT2D eigenvalue weighted by atomic mass is 10.1. The molecule has 1 amide bonds. The molecule has 3 rings (SSSR count). The third-order valence-corrected chi connectivity index (χ3v) is 4.91. The molecule has 33 heavy (non-hydrogen) atoms. The number of esters is 1. The number of methoxy groups -OCH3 is 1. The number of anilines is 1. The number of carbonyl (C=O) groups is 2. The van der Waals surface area contributed by atoms with Crippen LogP contribution in [0.4, 0.5) is 5.69 Å². The van der Waals surface area contributed by atoms with Gasteiger partial charge in [0.25, 0.3) is 5.91 Å². The zero-order valence-corrected chi connectivity index (χ0v) is 18.6. The Balaban J connectivity index is 1.42. The van der Waals surface area contributed by atoms with Gasteiger partial charge in [-0.05, 0) is 60.9 Å². The third kappa shape index (κ3) is 7.28. The van der Waals surface area contributed by atoms with E-state index in [-0.39, 0.29) is 12.2 Å². The van der Waals surface area contributed by atoms with E-state index >= 15 is 0 Å². The molecule has 7 nitrogen and oxygen atoms in total. The van der Waals surface area contributed by atoms with Crippen molar-refractivity contribution in [1.29, 1.82) is 0 Å². The molecule has 0 aliphatic rings. The van der Waals surface area contributed by atoms with Crippen LogP contribution in [0.1, 0.15) is 24.5 Å². The number of benzene rings is 3. The maximum Gasteiger partial charge on any atom is 0.306 e. The van der Waals surface area contributed by atoms with Crippen molar-refractivity contribution in [1.82, 2.24) is 0 Å². The van der Waals surface area contributed by atoms with Crippen molar-refractivity contribution in [2.24, 2.45) is 0 Å².